The normalized spacial score (nSPS) is 11.0. The van der Waals surface area contributed by atoms with Crippen molar-refractivity contribution >= 4 is 44.9 Å². The fourth-order valence-corrected chi connectivity index (χ4v) is 3.74. The minimum absolute atomic E-state index is 0. The standard InChI is InChI=1S/C19H17N3O2S.ClH/c1-21(2)12-18(23)24-14-7-5-6-13(10-14)15-11-22-16-8-3-4-9-17(16)25-19(22)20-15;/h3-11H,12H2,1-2H3;1H. The summed E-state index contributed by atoms with van der Waals surface area (Å²) in [6.45, 7) is 0.246. The number of para-hydroxylation sites is 1. The third-order valence-corrected chi connectivity index (χ3v) is 4.84. The molecule has 0 spiro atoms. The summed E-state index contributed by atoms with van der Waals surface area (Å²) >= 11 is 1.66. The van der Waals surface area contributed by atoms with Gasteiger partial charge in [0.25, 0.3) is 0 Å². The summed E-state index contributed by atoms with van der Waals surface area (Å²) in [5, 5.41) is 0. The van der Waals surface area contributed by atoms with Crippen LogP contribution in [-0.2, 0) is 4.79 Å². The molecule has 0 saturated carbocycles. The molecule has 0 saturated heterocycles. The number of fused-ring (bicyclic) bond motifs is 3. The van der Waals surface area contributed by atoms with Gasteiger partial charge in [-0.25, -0.2) is 4.98 Å². The second-order valence-corrected chi connectivity index (χ2v) is 7.10. The van der Waals surface area contributed by atoms with Gasteiger partial charge in [0, 0.05) is 11.8 Å². The first-order chi connectivity index (χ1) is 12.1. The number of ether oxygens (including phenoxy) is 1. The van der Waals surface area contributed by atoms with E-state index >= 15 is 0 Å². The number of halogens is 1. The Labute approximate surface area is 161 Å². The molecule has 0 aliphatic heterocycles. The Kier molecular flexibility index (Phi) is 5.27. The fourth-order valence-electron chi connectivity index (χ4n) is 2.73. The van der Waals surface area contributed by atoms with E-state index in [9.17, 15) is 4.79 Å². The number of nitrogens with zero attached hydrogens (tertiary/aromatic N) is 3. The predicted molar refractivity (Wildman–Crippen MR) is 107 cm³/mol. The average Bonchev–Trinajstić information content (AvgIpc) is 3.12. The number of hydrogen-bond donors (Lipinski definition) is 0. The molecule has 0 fully saturated rings. The molecular weight excluding hydrogens is 370 g/mol. The highest BCUT2D eigenvalue weighted by atomic mass is 35.5. The van der Waals surface area contributed by atoms with Crippen LogP contribution in [0.15, 0.2) is 54.7 Å². The first-order valence-electron chi connectivity index (χ1n) is 7.92. The first kappa shape index (κ1) is 18.4. The highest BCUT2D eigenvalue weighted by molar-refractivity contribution is 7.23. The first-order valence-corrected chi connectivity index (χ1v) is 8.74. The molecule has 4 rings (SSSR count). The highest BCUT2D eigenvalue weighted by Crippen LogP contribution is 2.30. The zero-order valence-electron chi connectivity index (χ0n) is 14.4. The topological polar surface area (TPSA) is 46.8 Å². The lowest BCUT2D eigenvalue weighted by atomic mass is 10.1. The molecule has 0 unspecified atom stereocenters. The van der Waals surface area contributed by atoms with Gasteiger partial charge in [-0.2, -0.15) is 0 Å². The Hall–Kier alpha value is -2.41. The molecule has 0 radical (unpaired) electrons. The fraction of sp³-hybridized carbons (Fsp3) is 0.158. The van der Waals surface area contributed by atoms with Crippen molar-refractivity contribution in [1.82, 2.24) is 14.3 Å². The van der Waals surface area contributed by atoms with E-state index in [-0.39, 0.29) is 24.9 Å². The Morgan fingerprint density at radius 3 is 2.81 bits per heavy atom. The minimum Gasteiger partial charge on any atom is -0.426 e. The molecular formula is C19H18ClN3O2S. The maximum absolute atomic E-state index is 11.8. The SMILES string of the molecule is CN(C)CC(=O)Oc1cccc(-c2cn3c(n2)sc2ccccc23)c1.Cl. The molecule has 26 heavy (non-hydrogen) atoms. The van der Waals surface area contributed by atoms with Crippen molar-refractivity contribution in [2.24, 2.45) is 0 Å². The molecule has 134 valence electrons. The molecule has 5 nitrogen and oxygen atoms in total. The maximum Gasteiger partial charge on any atom is 0.325 e. The van der Waals surface area contributed by atoms with Crippen molar-refractivity contribution in [2.45, 2.75) is 0 Å². The van der Waals surface area contributed by atoms with Crippen molar-refractivity contribution in [3.05, 3.63) is 54.7 Å². The van der Waals surface area contributed by atoms with Crippen LogP contribution in [-0.4, -0.2) is 40.9 Å². The lowest BCUT2D eigenvalue weighted by molar-refractivity contribution is -0.135. The van der Waals surface area contributed by atoms with Crippen LogP contribution >= 0.6 is 23.7 Å². The molecule has 2 heterocycles. The predicted octanol–water partition coefficient (Wildman–Crippen LogP) is 4.10. The lowest BCUT2D eigenvalue weighted by Crippen LogP contribution is -2.25. The Bertz CT molecular complexity index is 1070. The van der Waals surface area contributed by atoms with Gasteiger partial charge >= 0.3 is 5.97 Å². The molecule has 0 amide bonds. The summed E-state index contributed by atoms with van der Waals surface area (Å²) in [6, 6.07) is 15.7. The monoisotopic (exact) mass is 387 g/mol. The van der Waals surface area contributed by atoms with E-state index in [1.807, 2.05) is 50.6 Å². The third kappa shape index (κ3) is 3.58. The second-order valence-electron chi connectivity index (χ2n) is 6.09. The molecule has 7 heteroatoms. The number of rotatable bonds is 4. The van der Waals surface area contributed by atoms with Gasteiger partial charge in [0.15, 0.2) is 4.96 Å². The van der Waals surface area contributed by atoms with Gasteiger partial charge in [-0.1, -0.05) is 35.6 Å². The quantitative estimate of drug-likeness (QED) is 0.390. The smallest absolute Gasteiger partial charge is 0.325 e. The van der Waals surface area contributed by atoms with Crippen molar-refractivity contribution < 1.29 is 9.53 Å². The maximum atomic E-state index is 11.8. The van der Waals surface area contributed by atoms with Crippen LogP contribution < -0.4 is 4.74 Å². The zero-order valence-corrected chi connectivity index (χ0v) is 16.0. The summed E-state index contributed by atoms with van der Waals surface area (Å²) in [6.07, 6.45) is 2.02. The largest absolute Gasteiger partial charge is 0.426 e. The molecule has 0 atom stereocenters. The Morgan fingerprint density at radius 2 is 2.00 bits per heavy atom. The van der Waals surface area contributed by atoms with E-state index in [0.29, 0.717) is 5.75 Å². The second kappa shape index (κ2) is 7.45. The van der Waals surface area contributed by atoms with Crippen molar-refractivity contribution in [1.29, 1.82) is 0 Å². The van der Waals surface area contributed by atoms with E-state index in [1.165, 1.54) is 4.70 Å². The van der Waals surface area contributed by atoms with Crippen molar-refractivity contribution in [3.63, 3.8) is 0 Å². The van der Waals surface area contributed by atoms with E-state index in [1.54, 1.807) is 22.3 Å². The molecule has 0 bridgehead atoms. The number of likely N-dealkylation sites (N-methyl/N-ethyl adjacent to an activating group) is 1. The molecule has 2 aromatic heterocycles. The summed E-state index contributed by atoms with van der Waals surface area (Å²) in [7, 11) is 3.67. The third-order valence-electron chi connectivity index (χ3n) is 3.81. The molecule has 4 aromatic rings. The molecule has 0 N–H and O–H groups in total. The van der Waals surface area contributed by atoms with Crippen LogP contribution in [0.3, 0.4) is 0 Å². The van der Waals surface area contributed by atoms with Crippen LogP contribution in [0.5, 0.6) is 5.75 Å². The number of benzene rings is 2. The average molecular weight is 388 g/mol. The summed E-state index contributed by atoms with van der Waals surface area (Å²) in [5.74, 6) is 0.254. The number of thiazole rings is 1. The van der Waals surface area contributed by atoms with Gasteiger partial charge in [0.2, 0.25) is 0 Å². The van der Waals surface area contributed by atoms with Gasteiger partial charge in [-0.15, -0.1) is 12.4 Å². The van der Waals surface area contributed by atoms with Crippen molar-refractivity contribution in [3.8, 4) is 17.0 Å². The summed E-state index contributed by atoms with van der Waals surface area (Å²) < 4.78 is 8.71. The van der Waals surface area contributed by atoms with E-state index in [0.717, 1.165) is 21.7 Å². The van der Waals surface area contributed by atoms with Gasteiger partial charge in [-0.3, -0.25) is 14.1 Å². The number of hydrogen-bond acceptors (Lipinski definition) is 5. The van der Waals surface area contributed by atoms with Crippen LogP contribution in [0.25, 0.3) is 26.4 Å². The summed E-state index contributed by atoms with van der Waals surface area (Å²) in [5.41, 5.74) is 2.94. The van der Waals surface area contributed by atoms with Crippen LogP contribution in [0.2, 0.25) is 0 Å². The number of carbonyl (C=O) groups is 1. The van der Waals surface area contributed by atoms with Crippen molar-refractivity contribution in [2.75, 3.05) is 20.6 Å². The van der Waals surface area contributed by atoms with Gasteiger partial charge in [0.1, 0.15) is 5.75 Å². The van der Waals surface area contributed by atoms with Gasteiger partial charge < -0.3 is 4.74 Å². The highest BCUT2D eigenvalue weighted by Gasteiger charge is 2.11. The van der Waals surface area contributed by atoms with Crippen LogP contribution in [0, 0.1) is 0 Å². The van der Waals surface area contributed by atoms with Gasteiger partial charge in [-0.05, 0) is 38.4 Å². The number of imidazole rings is 1. The number of carbonyl (C=O) groups excluding carboxylic acids is 1. The van der Waals surface area contributed by atoms with Gasteiger partial charge in [0.05, 0.1) is 22.5 Å². The molecule has 0 aliphatic carbocycles. The molecule has 0 aliphatic rings. The van der Waals surface area contributed by atoms with E-state index in [4.69, 9.17) is 9.72 Å². The number of esters is 1. The lowest BCUT2D eigenvalue weighted by Gasteiger charge is -2.09. The van der Waals surface area contributed by atoms with E-state index in [2.05, 4.69) is 16.5 Å². The Balaban J connectivity index is 0.00000196. The minimum atomic E-state index is -0.279. The summed E-state index contributed by atoms with van der Waals surface area (Å²) in [4.78, 5) is 19.3. The Morgan fingerprint density at radius 1 is 1.19 bits per heavy atom. The van der Waals surface area contributed by atoms with E-state index < -0.39 is 0 Å². The number of aromatic nitrogens is 2. The van der Waals surface area contributed by atoms with Crippen LogP contribution in [0.1, 0.15) is 0 Å². The van der Waals surface area contributed by atoms with Crippen LogP contribution in [0.4, 0.5) is 0 Å². The molecule has 2 aromatic carbocycles. The zero-order chi connectivity index (χ0) is 17.4.